The highest BCUT2D eigenvalue weighted by atomic mass is 28.4. The molecule has 27 heavy (non-hydrogen) atoms. The Morgan fingerprint density at radius 3 is 2.44 bits per heavy atom. The van der Waals surface area contributed by atoms with Crippen LogP contribution in [0.15, 0.2) is 43.0 Å². The van der Waals surface area contributed by atoms with Gasteiger partial charge in [0.2, 0.25) is 0 Å². The Bertz CT molecular complexity index is 654. The zero-order valence-corrected chi connectivity index (χ0v) is 18.5. The summed E-state index contributed by atoms with van der Waals surface area (Å²) in [4.78, 5) is 0. The van der Waals surface area contributed by atoms with Gasteiger partial charge in [0.05, 0.1) is 18.8 Å². The van der Waals surface area contributed by atoms with E-state index in [1.807, 2.05) is 36.4 Å². The van der Waals surface area contributed by atoms with Crippen molar-refractivity contribution in [3.63, 3.8) is 0 Å². The molecule has 2 aliphatic rings. The van der Waals surface area contributed by atoms with Gasteiger partial charge in [-0.05, 0) is 25.1 Å². The van der Waals surface area contributed by atoms with E-state index >= 15 is 0 Å². The van der Waals surface area contributed by atoms with Gasteiger partial charge in [-0.15, -0.1) is 6.58 Å². The predicted octanol–water partition coefficient (Wildman–Crippen LogP) is 5.22. The lowest BCUT2D eigenvalue weighted by Crippen LogP contribution is -2.61. The summed E-state index contributed by atoms with van der Waals surface area (Å²) in [7, 11) is -1.95. The zero-order chi connectivity index (χ0) is 19.9. The van der Waals surface area contributed by atoms with Crippen molar-refractivity contribution in [2.24, 2.45) is 0 Å². The largest absolute Gasteiger partial charge is 0.411 e. The Balaban J connectivity index is 1.78. The van der Waals surface area contributed by atoms with E-state index in [0.717, 1.165) is 12.0 Å². The molecule has 0 unspecified atom stereocenters. The van der Waals surface area contributed by atoms with E-state index < -0.39 is 13.9 Å². The summed E-state index contributed by atoms with van der Waals surface area (Å²) < 4.78 is 25.4. The molecule has 4 nitrogen and oxygen atoms in total. The summed E-state index contributed by atoms with van der Waals surface area (Å²) in [5.74, 6) is 0. The third-order valence-corrected chi connectivity index (χ3v) is 10.8. The highest BCUT2D eigenvalue weighted by molar-refractivity contribution is 6.74. The van der Waals surface area contributed by atoms with Gasteiger partial charge in [0.1, 0.15) is 11.7 Å². The summed E-state index contributed by atoms with van der Waals surface area (Å²) in [6.07, 6.45) is 2.08. The summed E-state index contributed by atoms with van der Waals surface area (Å²) in [5.41, 5.74) is 0.498. The van der Waals surface area contributed by atoms with Gasteiger partial charge in [0, 0.05) is 12.0 Å². The van der Waals surface area contributed by atoms with Gasteiger partial charge < -0.3 is 18.6 Å². The number of ether oxygens (including phenoxy) is 3. The number of benzene rings is 1. The molecule has 5 heteroatoms. The fraction of sp³-hybridized carbons (Fsp3) is 0.636. The van der Waals surface area contributed by atoms with Gasteiger partial charge in [-0.2, -0.15) is 0 Å². The van der Waals surface area contributed by atoms with E-state index in [1.54, 1.807) is 0 Å². The van der Waals surface area contributed by atoms with Crippen LogP contribution in [0.5, 0.6) is 0 Å². The molecular weight excluding hydrogens is 356 g/mol. The minimum Gasteiger partial charge on any atom is -0.411 e. The summed E-state index contributed by atoms with van der Waals surface area (Å²) >= 11 is 0. The molecular formula is C22H34O4Si. The van der Waals surface area contributed by atoms with Crippen LogP contribution in [0.2, 0.25) is 18.1 Å². The zero-order valence-electron chi connectivity index (χ0n) is 17.5. The molecule has 2 fully saturated rings. The smallest absolute Gasteiger partial charge is 0.192 e. The van der Waals surface area contributed by atoms with Crippen LogP contribution in [0.25, 0.3) is 0 Å². The summed E-state index contributed by atoms with van der Waals surface area (Å²) in [5, 5.41) is 0.134. The van der Waals surface area contributed by atoms with E-state index in [9.17, 15) is 0 Å². The summed E-state index contributed by atoms with van der Waals surface area (Å²) in [6.45, 7) is 17.9. The van der Waals surface area contributed by atoms with Crippen molar-refractivity contribution in [3.05, 3.63) is 48.6 Å². The average Bonchev–Trinajstić information content (AvgIpc) is 2.61. The van der Waals surface area contributed by atoms with Gasteiger partial charge in [0.25, 0.3) is 0 Å². The van der Waals surface area contributed by atoms with Gasteiger partial charge >= 0.3 is 0 Å². The first-order valence-corrected chi connectivity index (χ1v) is 12.8. The van der Waals surface area contributed by atoms with Crippen LogP contribution in [0.1, 0.15) is 46.0 Å². The lowest BCUT2D eigenvalue weighted by molar-refractivity contribution is -0.311. The number of rotatable bonds is 4. The van der Waals surface area contributed by atoms with Crippen molar-refractivity contribution in [1.82, 2.24) is 0 Å². The molecule has 150 valence electrons. The Kier molecular flexibility index (Phi) is 5.72. The Hall–Kier alpha value is -0.983. The molecule has 0 radical (unpaired) electrons. The van der Waals surface area contributed by atoms with Crippen molar-refractivity contribution in [3.8, 4) is 0 Å². The van der Waals surface area contributed by atoms with Crippen LogP contribution in [0.4, 0.5) is 0 Å². The topological polar surface area (TPSA) is 36.9 Å². The van der Waals surface area contributed by atoms with Crippen LogP contribution in [0, 0.1) is 0 Å². The molecule has 0 N–H and O–H groups in total. The lowest BCUT2D eigenvalue weighted by atomic mass is 9.88. The highest BCUT2D eigenvalue weighted by Gasteiger charge is 2.51. The van der Waals surface area contributed by atoms with E-state index in [4.69, 9.17) is 18.6 Å². The molecule has 0 amide bonds. The van der Waals surface area contributed by atoms with Gasteiger partial charge in [-0.1, -0.05) is 57.2 Å². The minimum absolute atomic E-state index is 0.0493. The third-order valence-electron chi connectivity index (χ3n) is 6.34. The van der Waals surface area contributed by atoms with Crippen molar-refractivity contribution < 1.29 is 18.6 Å². The maximum atomic E-state index is 6.76. The van der Waals surface area contributed by atoms with Crippen molar-refractivity contribution in [1.29, 1.82) is 0 Å². The fourth-order valence-corrected chi connectivity index (χ4v) is 4.80. The van der Waals surface area contributed by atoms with E-state index in [-0.39, 0.29) is 29.6 Å². The summed E-state index contributed by atoms with van der Waals surface area (Å²) in [6, 6.07) is 10.1. The lowest BCUT2D eigenvalue weighted by Gasteiger charge is -2.52. The second-order valence-corrected chi connectivity index (χ2v) is 14.2. The Morgan fingerprint density at radius 1 is 1.19 bits per heavy atom. The standard InChI is InChI=1S/C22H34O4Si/c1-8-22(5)19(26-27(6,7)21(2,3)4)14-17-18(25-22)15-23-20(24-17)16-12-10-9-11-13-16/h8-13,17-20H,1,14-15H2,2-7H3/t17-,18+,19+,20+,22-/m0/s1. The number of hydrogen-bond donors (Lipinski definition) is 0. The van der Waals surface area contributed by atoms with Crippen LogP contribution in [-0.4, -0.2) is 38.8 Å². The first kappa shape index (κ1) is 20.7. The van der Waals surface area contributed by atoms with Crippen molar-refractivity contribution in [2.45, 2.75) is 82.5 Å². The van der Waals surface area contributed by atoms with Gasteiger partial charge in [-0.25, -0.2) is 0 Å². The molecule has 3 rings (SSSR count). The molecule has 0 aromatic heterocycles. The molecule has 2 saturated heterocycles. The molecule has 0 bridgehead atoms. The third kappa shape index (κ3) is 4.22. The second-order valence-electron chi connectivity index (χ2n) is 9.40. The first-order chi connectivity index (χ1) is 12.6. The highest BCUT2D eigenvalue weighted by Crippen LogP contribution is 2.44. The second kappa shape index (κ2) is 7.45. The van der Waals surface area contributed by atoms with E-state index in [1.165, 1.54) is 0 Å². The molecule has 0 saturated carbocycles. The maximum Gasteiger partial charge on any atom is 0.192 e. The quantitative estimate of drug-likeness (QED) is 0.521. The average molecular weight is 391 g/mol. The van der Waals surface area contributed by atoms with E-state index in [2.05, 4.69) is 47.4 Å². The molecule has 0 spiro atoms. The van der Waals surface area contributed by atoms with Crippen LogP contribution in [0.3, 0.4) is 0 Å². The van der Waals surface area contributed by atoms with Crippen LogP contribution in [-0.2, 0) is 18.6 Å². The van der Waals surface area contributed by atoms with Crippen LogP contribution >= 0.6 is 0 Å². The monoisotopic (exact) mass is 390 g/mol. The molecule has 1 aromatic carbocycles. The maximum absolute atomic E-state index is 6.76. The number of fused-ring (bicyclic) bond motifs is 1. The molecule has 1 aromatic rings. The number of hydrogen-bond acceptors (Lipinski definition) is 4. The van der Waals surface area contributed by atoms with Crippen LogP contribution < -0.4 is 0 Å². The predicted molar refractivity (Wildman–Crippen MR) is 110 cm³/mol. The Labute approximate surface area is 165 Å². The normalized spacial score (nSPS) is 34.7. The fourth-order valence-electron chi connectivity index (χ4n) is 3.40. The van der Waals surface area contributed by atoms with Gasteiger partial charge in [0.15, 0.2) is 14.6 Å². The molecule has 0 aliphatic carbocycles. The van der Waals surface area contributed by atoms with Crippen molar-refractivity contribution >= 4 is 8.32 Å². The molecule has 5 atom stereocenters. The first-order valence-electron chi connectivity index (χ1n) is 9.87. The van der Waals surface area contributed by atoms with Crippen molar-refractivity contribution in [2.75, 3.05) is 6.61 Å². The van der Waals surface area contributed by atoms with E-state index in [0.29, 0.717) is 6.61 Å². The SMILES string of the molecule is C=C[C@]1(C)O[C@@H]2CO[C@@H](c3ccccc3)O[C@H]2C[C@H]1O[Si](C)(C)C(C)(C)C. The molecule has 2 heterocycles. The molecule has 2 aliphatic heterocycles. The minimum atomic E-state index is -1.95. The van der Waals surface area contributed by atoms with Gasteiger partial charge in [-0.3, -0.25) is 0 Å². The Morgan fingerprint density at radius 2 is 1.85 bits per heavy atom.